The number of rotatable bonds is 6. The Morgan fingerprint density at radius 3 is 2.28 bits per heavy atom. The Morgan fingerprint density at radius 1 is 0.793 bits per heavy atom. The second-order valence-electron chi connectivity index (χ2n) is 7.86. The number of hydrogen-bond donors (Lipinski definition) is 4. The molecule has 5 heteroatoms. The third-order valence-corrected chi connectivity index (χ3v) is 5.73. The number of benzene rings is 3. The zero-order chi connectivity index (χ0) is 19.9. The SMILES string of the molecule is O=C(NCC[NH+]1CC[NH+](Cc2ccccc2)CC1)Nc1ccc2ccccc2c1. The van der Waals surface area contributed by atoms with Crippen molar-refractivity contribution in [1.29, 1.82) is 0 Å². The molecule has 4 N–H and O–H groups in total. The van der Waals surface area contributed by atoms with Crippen LogP contribution in [-0.4, -0.2) is 45.3 Å². The molecule has 0 bridgehead atoms. The second kappa shape index (κ2) is 9.54. The van der Waals surface area contributed by atoms with E-state index in [2.05, 4.69) is 53.1 Å². The molecule has 1 heterocycles. The van der Waals surface area contributed by atoms with Gasteiger partial charge in [0.15, 0.2) is 0 Å². The first-order valence-corrected chi connectivity index (χ1v) is 10.5. The number of hydrogen-bond acceptors (Lipinski definition) is 1. The maximum atomic E-state index is 12.2. The highest BCUT2D eigenvalue weighted by Gasteiger charge is 2.22. The van der Waals surface area contributed by atoms with Crippen LogP contribution in [0.2, 0.25) is 0 Å². The molecule has 3 aromatic rings. The van der Waals surface area contributed by atoms with Crippen LogP contribution < -0.4 is 20.4 Å². The van der Waals surface area contributed by atoms with E-state index in [1.807, 2.05) is 30.3 Å². The number of anilines is 1. The summed E-state index contributed by atoms with van der Waals surface area (Å²) in [6.45, 7) is 7.49. The molecule has 0 spiro atoms. The molecule has 0 aliphatic carbocycles. The standard InChI is InChI=1S/C24H28N4O/c29-24(26-23-11-10-21-8-4-5-9-22(21)18-23)25-12-13-27-14-16-28(17-15-27)19-20-6-2-1-3-7-20/h1-11,18H,12-17,19H2,(H2,25,26,29)/p+2. The van der Waals surface area contributed by atoms with Gasteiger partial charge in [0.25, 0.3) is 0 Å². The molecule has 1 fully saturated rings. The maximum absolute atomic E-state index is 12.2. The minimum atomic E-state index is -0.131. The summed E-state index contributed by atoms with van der Waals surface area (Å²) in [4.78, 5) is 15.4. The molecule has 5 nitrogen and oxygen atoms in total. The van der Waals surface area contributed by atoms with Crippen LogP contribution in [0.15, 0.2) is 72.8 Å². The predicted octanol–water partition coefficient (Wildman–Crippen LogP) is 0.945. The Balaban J connectivity index is 1.16. The molecule has 2 amide bonds. The van der Waals surface area contributed by atoms with E-state index in [4.69, 9.17) is 0 Å². The Labute approximate surface area is 172 Å². The van der Waals surface area contributed by atoms with Crippen LogP contribution in [0.5, 0.6) is 0 Å². The van der Waals surface area contributed by atoms with Gasteiger partial charge >= 0.3 is 6.03 Å². The highest BCUT2D eigenvalue weighted by atomic mass is 16.2. The molecule has 1 aliphatic heterocycles. The van der Waals surface area contributed by atoms with Crippen LogP contribution in [0.25, 0.3) is 10.8 Å². The van der Waals surface area contributed by atoms with E-state index >= 15 is 0 Å². The van der Waals surface area contributed by atoms with Crippen molar-refractivity contribution in [3.8, 4) is 0 Å². The predicted molar refractivity (Wildman–Crippen MR) is 117 cm³/mol. The van der Waals surface area contributed by atoms with E-state index in [-0.39, 0.29) is 6.03 Å². The summed E-state index contributed by atoms with van der Waals surface area (Å²) in [5, 5.41) is 8.25. The normalized spacial score (nSPS) is 19.0. The fraction of sp³-hybridized carbons (Fsp3) is 0.292. The van der Waals surface area contributed by atoms with Gasteiger partial charge in [0, 0.05) is 11.3 Å². The molecule has 1 aliphatic rings. The average Bonchev–Trinajstić information content (AvgIpc) is 2.76. The third kappa shape index (κ3) is 5.56. The topological polar surface area (TPSA) is 50.0 Å². The Bertz CT molecular complexity index is 936. The Hall–Kier alpha value is -2.89. The lowest BCUT2D eigenvalue weighted by Gasteiger charge is -2.29. The summed E-state index contributed by atoms with van der Waals surface area (Å²) in [5.41, 5.74) is 2.24. The summed E-state index contributed by atoms with van der Waals surface area (Å²) in [7, 11) is 0. The van der Waals surface area contributed by atoms with Crippen molar-refractivity contribution < 1.29 is 14.6 Å². The van der Waals surface area contributed by atoms with Gasteiger partial charge in [-0.25, -0.2) is 4.79 Å². The number of carbonyl (C=O) groups excluding carboxylic acids is 1. The largest absolute Gasteiger partial charge is 0.332 e. The first-order valence-electron chi connectivity index (χ1n) is 10.5. The number of quaternary nitrogens is 2. The fourth-order valence-electron chi connectivity index (χ4n) is 4.06. The lowest BCUT2D eigenvalue weighted by molar-refractivity contribution is -1.02. The number of carbonyl (C=O) groups is 1. The summed E-state index contributed by atoms with van der Waals surface area (Å²) >= 11 is 0. The van der Waals surface area contributed by atoms with Gasteiger partial charge in [-0.1, -0.05) is 60.7 Å². The smallest absolute Gasteiger partial charge is 0.319 e. The molecule has 3 aromatic carbocycles. The molecule has 4 rings (SSSR count). The zero-order valence-corrected chi connectivity index (χ0v) is 16.8. The molecular formula is C24H30N4O+2. The second-order valence-corrected chi connectivity index (χ2v) is 7.86. The Kier molecular flexibility index (Phi) is 6.39. The quantitative estimate of drug-likeness (QED) is 0.498. The summed E-state index contributed by atoms with van der Waals surface area (Å²) < 4.78 is 0. The van der Waals surface area contributed by atoms with E-state index in [0.717, 1.165) is 37.3 Å². The van der Waals surface area contributed by atoms with Crippen molar-refractivity contribution in [1.82, 2.24) is 5.32 Å². The molecule has 150 valence electrons. The van der Waals surface area contributed by atoms with Crippen molar-refractivity contribution in [2.24, 2.45) is 0 Å². The van der Waals surface area contributed by atoms with E-state index < -0.39 is 0 Å². The van der Waals surface area contributed by atoms with Gasteiger partial charge in [-0.05, 0) is 22.9 Å². The number of piperazine rings is 1. The third-order valence-electron chi connectivity index (χ3n) is 5.73. The zero-order valence-electron chi connectivity index (χ0n) is 16.8. The first-order chi connectivity index (χ1) is 14.3. The van der Waals surface area contributed by atoms with Gasteiger partial charge in [0.2, 0.25) is 0 Å². The highest BCUT2D eigenvalue weighted by molar-refractivity contribution is 5.93. The molecule has 0 atom stereocenters. The first kappa shape index (κ1) is 19.4. The number of fused-ring (bicyclic) bond motifs is 1. The number of nitrogens with one attached hydrogen (secondary N) is 4. The highest BCUT2D eigenvalue weighted by Crippen LogP contribution is 2.18. The van der Waals surface area contributed by atoms with Crippen LogP contribution in [0.4, 0.5) is 10.5 Å². The van der Waals surface area contributed by atoms with Crippen molar-refractivity contribution in [3.63, 3.8) is 0 Å². The molecular weight excluding hydrogens is 360 g/mol. The van der Waals surface area contributed by atoms with E-state index in [9.17, 15) is 4.79 Å². The van der Waals surface area contributed by atoms with Crippen LogP contribution in [0.3, 0.4) is 0 Å². The minimum Gasteiger partial charge on any atom is -0.332 e. The lowest BCUT2D eigenvalue weighted by Crippen LogP contribution is -3.27. The van der Waals surface area contributed by atoms with E-state index in [0.29, 0.717) is 6.54 Å². The van der Waals surface area contributed by atoms with Crippen molar-refractivity contribution in [3.05, 3.63) is 78.4 Å². The molecule has 0 radical (unpaired) electrons. The van der Waals surface area contributed by atoms with Gasteiger partial charge in [0.05, 0.1) is 13.1 Å². The fourth-order valence-corrected chi connectivity index (χ4v) is 4.06. The van der Waals surface area contributed by atoms with Gasteiger partial charge in [-0.2, -0.15) is 0 Å². The van der Waals surface area contributed by atoms with Crippen LogP contribution in [0.1, 0.15) is 5.56 Å². The average molecular weight is 391 g/mol. The van der Waals surface area contributed by atoms with E-state index in [1.165, 1.54) is 24.0 Å². The molecule has 0 unspecified atom stereocenters. The number of amides is 2. The van der Waals surface area contributed by atoms with Crippen LogP contribution >= 0.6 is 0 Å². The van der Waals surface area contributed by atoms with Crippen LogP contribution in [0, 0.1) is 0 Å². The molecule has 0 aromatic heterocycles. The summed E-state index contributed by atoms with van der Waals surface area (Å²) in [6.07, 6.45) is 0. The van der Waals surface area contributed by atoms with Gasteiger partial charge < -0.3 is 20.4 Å². The monoisotopic (exact) mass is 390 g/mol. The minimum absolute atomic E-state index is 0.131. The van der Waals surface area contributed by atoms with Gasteiger partial charge in [-0.3, -0.25) is 0 Å². The van der Waals surface area contributed by atoms with E-state index in [1.54, 1.807) is 9.80 Å². The van der Waals surface area contributed by atoms with Crippen molar-refractivity contribution in [2.75, 3.05) is 44.6 Å². The number of urea groups is 1. The van der Waals surface area contributed by atoms with Gasteiger partial charge in [0.1, 0.15) is 32.7 Å². The van der Waals surface area contributed by atoms with Crippen LogP contribution in [-0.2, 0) is 6.54 Å². The Morgan fingerprint density at radius 2 is 1.48 bits per heavy atom. The van der Waals surface area contributed by atoms with Crippen molar-refractivity contribution >= 4 is 22.5 Å². The maximum Gasteiger partial charge on any atom is 0.319 e. The molecule has 29 heavy (non-hydrogen) atoms. The summed E-state index contributed by atoms with van der Waals surface area (Å²) in [5.74, 6) is 0. The molecule has 0 saturated carbocycles. The lowest BCUT2D eigenvalue weighted by atomic mass is 10.1. The van der Waals surface area contributed by atoms with Crippen molar-refractivity contribution in [2.45, 2.75) is 6.54 Å². The van der Waals surface area contributed by atoms with Gasteiger partial charge in [-0.15, -0.1) is 0 Å². The molecule has 1 saturated heterocycles. The summed E-state index contributed by atoms with van der Waals surface area (Å²) in [6, 6.07) is 24.7.